The number of hydrogen-bond acceptors (Lipinski definition) is 4. The summed E-state index contributed by atoms with van der Waals surface area (Å²) >= 11 is 0. The Labute approximate surface area is 422 Å². The zero-order valence-corrected chi connectivity index (χ0v) is 43.2. The molecule has 1 aliphatic rings. The summed E-state index contributed by atoms with van der Waals surface area (Å²) < 4.78 is 0. The lowest BCUT2D eigenvalue weighted by Gasteiger charge is -2.33. The Bertz CT molecular complexity index is 2570. The molecule has 2 heterocycles. The van der Waals surface area contributed by atoms with Gasteiger partial charge in [-0.2, -0.15) is 0 Å². The van der Waals surface area contributed by atoms with Crippen molar-refractivity contribution in [3.05, 3.63) is 136 Å². The van der Waals surface area contributed by atoms with E-state index in [0.717, 1.165) is 57.0 Å². The maximum Gasteiger partial charge on any atom is 0.269 e. The SMILES string of the molecule is CCCCCCCCCCCCCCCCC1(CCCCCCCCCCCCCCCC)c2cc(C#Cc3ccc([N+](=O)[O-])cc3)ccc2-c2ccc(-c3ccc4ccc5cccnc5c4n3)cc21. The molecule has 6 aromatic rings. The minimum absolute atomic E-state index is 0.0842. The Hall–Kier alpha value is -5.34. The summed E-state index contributed by atoms with van der Waals surface area (Å²) in [5, 5.41) is 13.6. The van der Waals surface area contributed by atoms with Crippen molar-refractivity contribution in [2.75, 3.05) is 0 Å². The lowest BCUT2D eigenvalue weighted by Crippen LogP contribution is -2.25. The number of pyridine rings is 2. The number of fused-ring (bicyclic) bond motifs is 6. The van der Waals surface area contributed by atoms with Crippen LogP contribution in [-0.2, 0) is 5.41 Å². The summed E-state index contributed by atoms with van der Waals surface area (Å²) in [5.74, 6) is 6.81. The van der Waals surface area contributed by atoms with Crippen molar-refractivity contribution in [1.82, 2.24) is 9.97 Å². The average Bonchev–Trinajstić information content (AvgIpc) is 3.65. The molecule has 0 aliphatic heterocycles. The average molecular weight is 938 g/mol. The molecule has 0 saturated heterocycles. The highest BCUT2D eigenvalue weighted by Gasteiger charge is 2.42. The predicted octanol–water partition coefficient (Wildman–Crippen LogP) is 19.8. The number of hydrogen-bond donors (Lipinski definition) is 0. The normalized spacial score (nSPS) is 12.5. The van der Waals surface area contributed by atoms with Crippen LogP contribution in [0.3, 0.4) is 0 Å². The molecule has 5 nitrogen and oxygen atoms in total. The molecule has 0 radical (unpaired) electrons. The highest BCUT2D eigenvalue weighted by molar-refractivity contribution is 6.03. The lowest BCUT2D eigenvalue weighted by atomic mass is 9.70. The number of benzene rings is 4. The third-order valence-electron chi connectivity index (χ3n) is 15.4. The number of nitro groups is 1. The van der Waals surface area contributed by atoms with Gasteiger partial charge in [-0.3, -0.25) is 15.1 Å². The van der Waals surface area contributed by atoms with Gasteiger partial charge in [0.25, 0.3) is 5.69 Å². The van der Waals surface area contributed by atoms with E-state index in [2.05, 4.69) is 92.4 Å². The van der Waals surface area contributed by atoms with E-state index in [-0.39, 0.29) is 16.0 Å². The molecule has 0 saturated carbocycles. The Kier molecular flexibility index (Phi) is 21.4. The molecular formula is C65H83N3O2. The van der Waals surface area contributed by atoms with Gasteiger partial charge in [-0.05, 0) is 77.6 Å². The largest absolute Gasteiger partial charge is 0.269 e. The molecule has 4 aromatic carbocycles. The Morgan fingerprint density at radius 1 is 0.471 bits per heavy atom. The van der Waals surface area contributed by atoms with Gasteiger partial charge in [0, 0.05) is 51.2 Å². The summed E-state index contributed by atoms with van der Waals surface area (Å²) in [6, 6.07) is 33.5. The van der Waals surface area contributed by atoms with E-state index < -0.39 is 0 Å². The summed E-state index contributed by atoms with van der Waals surface area (Å²) in [5.41, 5.74) is 11.3. The summed E-state index contributed by atoms with van der Waals surface area (Å²) in [6.07, 6.45) is 42.0. The van der Waals surface area contributed by atoms with Crippen molar-refractivity contribution in [1.29, 1.82) is 0 Å². The van der Waals surface area contributed by atoms with E-state index in [0.29, 0.717) is 0 Å². The van der Waals surface area contributed by atoms with Gasteiger partial charge >= 0.3 is 0 Å². The first-order chi connectivity index (χ1) is 34.5. The van der Waals surface area contributed by atoms with E-state index in [4.69, 9.17) is 9.97 Å². The first-order valence-corrected chi connectivity index (χ1v) is 28.2. The van der Waals surface area contributed by atoms with Gasteiger partial charge in [-0.15, -0.1) is 0 Å². The van der Waals surface area contributed by atoms with Gasteiger partial charge in [-0.25, -0.2) is 4.98 Å². The molecule has 0 unspecified atom stereocenters. The molecule has 0 spiro atoms. The molecule has 0 bridgehead atoms. The van der Waals surface area contributed by atoms with Crippen LogP contribution in [0.25, 0.3) is 44.2 Å². The van der Waals surface area contributed by atoms with Crippen molar-refractivity contribution >= 4 is 27.5 Å². The molecule has 7 rings (SSSR count). The first-order valence-electron chi connectivity index (χ1n) is 28.2. The molecule has 0 amide bonds. The van der Waals surface area contributed by atoms with Gasteiger partial charge < -0.3 is 0 Å². The lowest BCUT2D eigenvalue weighted by molar-refractivity contribution is -0.384. The van der Waals surface area contributed by atoms with Crippen LogP contribution in [0, 0.1) is 22.0 Å². The Balaban J connectivity index is 1.11. The fourth-order valence-corrected chi connectivity index (χ4v) is 11.3. The predicted molar refractivity (Wildman–Crippen MR) is 298 cm³/mol. The smallest absolute Gasteiger partial charge is 0.258 e. The van der Waals surface area contributed by atoms with Crippen LogP contribution in [0.15, 0.2) is 103 Å². The van der Waals surface area contributed by atoms with Crippen LogP contribution < -0.4 is 0 Å². The van der Waals surface area contributed by atoms with Crippen LogP contribution in [0.4, 0.5) is 5.69 Å². The molecule has 370 valence electrons. The number of non-ortho nitro benzene ring substituents is 1. The van der Waals surface area contributed by atoms with Crippen LogP contribution in [0.5, 0.6) is 0 Å². The van der Waals surface area contributed by atoms with Crippen LogP contribution >= 0.6 is 0 Å². The number of unbranched alkanes of at least 4 members (excludes halogenated alkanes) is 26. The van der Waals surface area contributed by atoms with E-state index in [1.165, 1.54) is 202 Å². The maximum atomic E-state index is 11.4. The topological polar surface area (TPSA) is 68.9 Å². The number of aromatic nitrogens is 2. The highest BCUT2D eigenvalue weighted by Crippen LogP contribution is 2.55. The van der Waals surface area contributed by atoms with Crippen LogP contribution in [-0.4, -0.2) is 14.9 Å². The zero-order valence-electron chi connectivity index (χ0n) is 43.2. The summed E-state index contributed by atoms with van der Waals surface area (Å²) in [6.45, 7) is 4.60. The zero-order chi connectivity index (χ0) is 48.6. The second-order valence-corrected chi connectivity index (χ2v) is 20.8. The second kappa shape index (κ2) is 28.5. The molecule has 2 aromatic heterocycles. The number of rotatable bonds is 32. The molecular weight excluding hydrogens is 855 g/mol. The fraction of sp³-hybridized carbons (Fsp3) is 0.508. The molecule has 0 atom stereocenters. The molecule has 70 heavy (non-hydrogen) atoms. The van der Waals surface area contributed by atoms with Gasteiger partial charge in [-0.1, -0.05) is 248 Å². The number of nitro benzene ring substituents is 1. The van der Waals surface area contributed by atoms with Crippen molar-refractivity contribution in [3.8, 4) is 34.2 Å². The highest BCUT2D eigenvalue weighted by atomic mass is 16.6. The molecule has 1 aliphatic carbocycles. The minimum atomic E-state index is -0.355. The summed E-state index contributed by atoms with van der Waals surface area (Å²) in [4.78, 5) is 21.1. The van der Waals surface area contributed by atoms with Crippen molar-refractivity contribution in [2.45, 2.75) is 212 Å². The molecule has 0 fully saturated rings. The van der Waals surface area contributed by atoms with Gasteiger partial charge in [0.1, 0.15) is 0 Å². The van der Waals surface area contributed by atoms with Crippen molar-refractivity contribution in [3.63, 3.8) is 0 Å². The van der Waals surface area contributed by atoms with E-state index in [9.17, 15) is 10.1 Å². The quantitative estimate of drug-likeness (QED) is 0.0139. The van der Waals surface area contributed by atoms with E-state index in [1.54, 1.807) is 24.3 Å². The Morgan fingerprint density at radius 3 is 1.44 bits per heavy atom. The fourth-order valence-electron chi connectivity index (χ4n) is 11.3. The van der Waals surface area contributed by atoms with Crippen molar-refractivity contribution in [2.24, 2.45) is 0 Å². The van der Waals surface area contributed by atoms with Gasteiger partial charge in [0.2, 0.25) is 0 Å². The molecule has 5 heteroatoms. The monoisotopic (exact) mass is 938 g/mol. The first kappa shape index (κ1) is 52.5. The standard InChI is InChI=1S/C65H83N3O2/c1-3-5-7-9-11-13-15-17-19-21-23-25-27-29-47-65(48-30-28-26-24-22-20-18-16-14-12-10-8-6-4-2)60-50-53(34-33-52-35-42-57(43-36-52)68(69)70)37-44-58(60)59-45-40-56(51-61(59)65)62-46-41-55-39-38-54-32-31-49-66-63(54)64(55)67-62/h31-32,35-46,49-51H,3-30,47-48H2,1-2H3. The minimum Gasteiger partial charge on any atom is -0.258 e. The van der Waals surface area contributed by atoms with E-state index in [1.807, 2.05) is 12.3 Å². The van der Waals surface area contributed by atoms with Gasteiger partial charge in [0.05, 0.1) is 21.7 Å². The number of nitrogens with zero attached hydrogens (tertiary/aromatic N) is 3. The van der Waals surface area contributed by atoms with Crippen molar-refractivity contribution < 1.29 is 4.92 Å². The molecule has 0 N–H and O–H groups in total. The van der Waals surface area contributed by atoms with Crippen LogP contribution in [0.1, 0.15) is 229 Å². The van der Waals surface area contributed by atoms with Gasteiger partial charge in [0.15, 0.2) is 0 Å². The Morgan fingerprint density at radius 2 is 0.914 bits per heavy atom. The maximum absolute atomic E-state index is 11.4. The second-order valence-electron chi connectivity index (χ2n) is 20.8. The van der Waals surface area contributed by atoms with E-state index >= 15 is 0 Å². The third-order valence-corrected chi connectivity index (χ3v) is 15.4. The summed E-state index contributed by atoms with van der Waals surface area (Å²) in [7, 11) is 0. The van der Waals surface area contributed by atoms with Crippen LogP contribution in [0.2, 0.25) is 0 Å². The third kappa shape index (κ3) is 14.8.